The molecule has 3 rings (SSSR count). The normalized spacial score (nSPS) is 25.3. The monoisotopic (exact) mass is 444 g/mol. The minimum absolute atomic E-state index is 0.00296. The maximum Gasteiger partial charge on any atom is 0.471 e. The number of hydrogen-bond acceptors (Lipinski definition) is 5. The van der Waals surface area contributed by atoms with Crippen LogP contribution in [-0.2, 0) is 20.8 Å². The van der Waals surface area contributed by atoms with Crippen LogP contribution in [0.2, 0.25) is 0 Å². The highest BCUT2D eigenvalue weighted by Gasteiger charge is 2.58. The van der Waals surface area contributed by atoms with Gasteiger partial charge in [-0.05, 0) is 30.5 Å². The Morgan fingerprint density at radius 3 is 2.35 bits per heavy atom. The standard InChI is InChI=1S/C21H27F3N2O5/c1-29-12-17-18(15-5-4-6-16(15)26(17)20(28)31-3)25(19(27)21(22,23)24)11-13-7-9-14(30-2)10-8-13/h7-10,15-18H,4-6,11-12H2,1-3H3/t15-,16+,17-,18-/m0/s1. The summed E-state index contributed by atoms with van der Waals surface area (Å²) in [6.45, 7) is -0.248. The van der Waals surface area contributed by atoms with Gasteiger partial charge in [0.2, 0.25) is 0 Å². The van der Waals surface area contributed by atoms with Gasteiger partial charge in [-0.25, -0.2) is 4.79 Å². The molecule has 1 aliphatic heterocycles. The zero-order valence-electron chi connectivity index (χ0n) is 17.7. The number of methoxy groups -OCH3 is 3. The van der Waals surface area contributed by atoms with Crippen molar-refractivity contribution in [3.8, 4) is 5.75 Å². The smallest absolute Gasteiger partial charge is 0.471 e. The predicted molar refractivity (Wildman–Crippen MR) is 104 cm³/mol. The van der Waals surface area contributed by atoms with E-state index >= 15 is 0 Å². The molecule has 1 saturated carbocycles. The molecule has 0 spiro atoms. The highest BCUT2D eigenvalue weighted by Crippen LogP contribution is 2.45. The van der Waals surface area contributed by atoms with Gasteiger partial charge in [0.15, 0.2) is 0 Å². The fourth-order valence-corrected chi connectivity index (χ4v) is 4.98. The van der Waals surface area contributed by atoms with E-state index in [0.29, 0.717) is 24.2 Å². The van der Waals surface area contributed by atoms with Crippen LogP contribution in [-0.4, -0.2) is 74.0 Å². The lowest BCUT2D eigenvalue weighted by Crippen LogP contribution is -2.55. The summed E-state index contributed by atoms with van der Waals surface area (Å²) in [5, 5.41) is 0. The van der Waals surface area contributed by atoms with Crippen LogP contribution in [0.1, 0.15) is 24.8 Å². The summed E-state index contributed by atoms with van der Waals surface area (Å²) >= 11 is 0. The van der Waals surface area contributed by atoms with Gasteiger partial charge < -0.3 is 19.1 Å². The van der Waals surface area contributed by atoms with Crippen molar-refractivity contribution in [2.45, 2.75) is 50.1 Å². The highest BCUT2D eigenvalue weighted by atomic mass is 19.4. The number of carbonyl (C=O) groups excluding carboxylic acids is 2. The van der Waals surface area contributed by atoms with Crippen LogP contribution in [0.3, 0.4) is 0 Å². The largest absolute Gasteiger partial charge is 0.497 e. The number of hydrogen-bond donors (Lipinski definition) is 0. The Labute approximate surface area is 179 Å². The van der Waals surface area contributed by atoms with Crippen molar-refractivity contribution in [1.82, 2.24) is 9.80 Å². The van der Waals surface area contributed by atoms with Crippen molar-refractivity contribution < 1.29 is 37.0 Å². The first-order valence-corrected chi connectivity index (χ1v) is 10.1. The van der Waals surface area contributed by atoms with E-state index in [1.165, 1.54) is 26.2 Å². The summed E-state index contributed by atoms with van der Waals surface area (Å²) < 4.78 is 56.1. The van der Waals surface area contributed by atoms with Gasteiger partial charge in [0.05, 0.1) is 32.9 Å². The Hall–Kier alpha value is -2.49. The number of halogens is 3. The zero-order valence-corrected chi connectivity index (χ0v) is 17.7. The second-order valence-corrected chi connectivity index (χ2v) is 7.83. The Morgan fingerprint density at radius 1 is 1.13 bits per heavy atom. The summed E-state index contributed by atoms with van der Waals surface area (Å²) in [4.78, 5) is 27.4. The number of rotatable bonds is 6. The van der Waals surface area contributed by atoms with Gasteiger partial charge in [-0.2, -0.15) is 13.2 Å². The van der Waals surface area contributed by atoms with Crippen LogP contribution in [0.4, 0.5) is 18.0 Å². The van der Waals surface area contributed by atoms with Crippen LogP contribution in [0.15, 0.2) is 24.3 Å². The van der Waals surface area contributed by atoms with Crippen molar-refractivity contribution in [2.75, 3.05) is 27.9 Å². The Balaban J connectivity index is 2.02. The topological polar surface area (TPSA) is 68.3 Å². The molecule has 1 aromatic carbocycles. The van der Waals surface area contributed by atoms with Gasteiger partial charge in [-0.1, -0.05) is 18.6 Å². The fourth-order valence-electron chi connectivity index (χ4n) is 4.98. The molecule has 2 fully saturated rings. The quantitative estimate of drug-likeness (QED) is 0.674. The van der Waals surface area contributed by atoms with Crippen LogP contribution in [0.25, 0.3) is 0 Å². The third-order valence-corrected chi connectivity index (χ3v) is 6.18. The van der Waals surface area contributed by atoms with E-state index in [-0.39, 0.29) is 25.1 Å². The third kappa shape index (κ3) is 4.58. The maximum atomic E-state index is 13.6. The molecule has 1 heterocycles. The molecule has 0 unspecified atom stereocenters. The molecule has 2 aliphatic rings. The molecule has 2 amide bonds. The highest BCUT2D eigenvalue weighted by molar-refractivity contribution is 5.82. The van der Waals surface area contributed by atoms with Gasteiger partial charge >= 0.3 is 18.2 Å². The minimum atomic E-state index is -5.04. The number of ether oxygens (including phenoxy) is 3. The van der Waals surface area contributed by atoms with Crippen molar-refractivity contribution in [2.24, 2.45) is 5.92 Å². The van der Waals surface area contributed by atoms with E-state index in [9.17, 15) is 22.8 Å². The average Bonchev–Trinajstić information content (AvgIpc) is 3.31. The average molecular weight is 444 g/mol. The number of likely N-dealkylation sites (tertiary alicyclic amines) is 1. The molecule has 0 radical (unpaired) electrons. The second kappa shape index (κ2) is 9.33. The molecule has 7 nitrogen and oxygen atoms in total. The van der Waals surface area contributed by atoms with Gasteiger partial charge in [0, 0.05) is 25.6 Å². The number of nitrogens with zero attached hydrogens (tertiary/aromatic N) is 2. The Morgan fingerprint density at radius 2 is 1.81 bits per heavy atom. The SMILES string of the molecule is COC[C@H]1[C@@H](N(Cc2ccc(OC)cc2)C(=O)C(F)(F)F)[C@H]2CCC[C@H]2N1C(=O)OC. The molecular formula is C21H27F3N2O5. The summed E-state index contributed by atoms with van der Waals surface area (Å²) in [6, 6.07) is 4.63. The molecule has 172 valence electrons. The fraction of sp³-hybridized carbons (Fsp3) is 0.619. The van der Waals surface area contributed by atoms with Gasteiger partial charge in [-0.15, -0.1) is 0 Å². The van der Waals surface area contributed by atoms with E-state index in [1.807, 2.05) is 0 Å². The van der Waals surface area contributed by atoms with Crippen LogP contribution in [0, 0.1) is 5.92 Å². The predicted octanol–water partition coefficient (Wildman–Crippen LogP) is 3.22. The van der Waals surface area contributed by atoms with E-state index in [4.69, 9.17) is 14.2 Å². The first-order chi connectivity index (χ1) is 14.7. The molecule has 31 heavy (non-hydrogen) atoms. The zero-order chi connectivity index (χ0) is 22.8. The molecule has 0 bridgehead atoms. The van der Waals surface area contributed by atoms with Crippen molar-refractivity contribution in [3.05, 3.63) is 29.8 Å². The lowest BCUT2D eigenvalue weighted by atomic mass is 9.93. The van der Waals surface area contributed by atoms with E-state index in [2.05, 4.69) is 0 Å². The van der Waals surface area contributed by atoms with Gasteiger partial charge in [-0.3, -0.25) is 9.69 Å². The number of carbonyl (C=O) groups is 2. The Kier molecular flexibility index (Phi) is 6.98. The Bertz CT molecular complexity index is 786. The van der Waals surface area contributed by atoms with Crippen LogP contribution >= 0.6 is 0 Å². The van der Waals surface area contributed by atoms with Gasteiger partial charge in [0.1, 0.15) is 5.75 Å². The molecular weight excluding hydrogens is 417 g/mol. The van der Waals surface area contributed by atoms with Crippen LogP contribution in [0.5, 0.6) is 5.75 Å². The van der Waals surface area contributed by atoms with Crippen molar-refractivity contribution in [1.29, 1.82) is 0 Å². The molecule has 4 atom stereocenters. The number of fused-ring (bicyclic) bond motifs is 1. The molecule has 1 aliphatic carbocycles. The second-order valence-electron chi connectivity index (χ2n) is 7.83. The number of benzene rings is 1. The van der Waals surface area contributed by atoms with E-state index in [1.54, 1.807) is 24.3 Å². The number of alkyl halides is 3. The number of amides is 2. The lowest BCUT2D eigenvalue weighted by molar-refractivity contribution is -0.190. The molecule has 0 N–H and O–H groups in total. The molecule has 10 heteroatoms. The lowest BCUT2D eigenvalue weighted by Gasteiger charge is -2.37. The first-order valence-electron chi connectivity index (χ1n) is 10.1. The summed E-state index contributed by atoms with van der Waals surface area (Å²) in [5.74, 6) is -1.65. The molecule has 1 saturated heterocycles. The van der Waals surface area contributed by atoms with Crippen LogP contribution < -0.4 is 4.74 Å². The van der Waals surface area contributed by atoms with Gasteiger partial charge in [0.25, 0.3) is 0 Å². The first kappa shape index (κ1) is 23.2. The molecule has 0 aromatic heterocycles. The van der Waals surface area contributed by atoms with E-state index in [0.717, 1.165) is 11.3 Å². The summed E-state index contributed by atoms with van der Waals surface area (Å²) in [5.41, 5.74) is 0.528. The van der Waals surface area contributed by atoms with Crippen molar-refractivity contribution >= 4 is 12.0 Å². The maximum absolute atomic E-state index is 13.6. The summed E-state index contributed by atoms with van der Waals surface area (Å²) in [7, 11) is 4.14. The third-order valence-electron chi connectivity index (χ3n) is 6.18. The minimum Gasteiger partial charge on any atom is -0.497 e. The van der Waals surface area contributed by atoms with Crippen molar-refractivity contribution in [3.63, 3.8) is 0 Å². The molecule has 1 aromatic rings. The summed E-state index contributed by atoms with van der Waals surface area (Å²) in [6.07, 6.45) is -3.64. The van der Waals surface area contributed by atoms with E-state index < -0.39 is 30.3 Å².